The molecule has 1 heterocycles. The van der Waals surface area contributed by atoms with Gasteiger partial charge in [-0.2, -0.15) is 0 Å². The molecule has 1 saturated heterocycles. The first-order valence-electron chi connectivity index (χ1n) is 6.12. The Kier molecular flexibility index (Phi) is 4.33. The summed E-state index contributed by atoms with van der Waals surface area (Å²) in [6.45, 7) is 8.75. The zero-order chi connectivity index (χ0) is 12.3. The molecule has 0 bridgehead atoms. The lowest BCUT2D eigenvalue weighted by Gasteiger charge is -2.38. The Labute approximate surface area is 97.4 Å². The molecule has 0 spiro atoms. The Morgan fingerprint density at radius 1 is 1.38 bits per heavy atom. The molecule has 2 atom stereocenters. The van der Waals surface area contributed by atoms with Crippen LogP contribution in [0, 0.1) is 11.8 Å². The van der Waals surface area contributed by atoms with Gasteiger partial charge >= 0.3 is 6.03 Å². The molecule has 0 radical (unpaired) electrons. The van der Waals surface area contributed by atoms with E-state index in [0.29, 0.717) is 12.5 Å². The number of imide groups is 1. The minimum absolute atomic E-state index is 0.102. The lowest BCUT2D eigenvalue weighted by atomic mass is 9.93. The number of nitrogens with zero attached hydrogens (tertiary/aromatic N) is 1. The monoisotopic (exact) mass is 226 g/mol. The standard InChI is InChI=1S/C12H22N2O2/c1-5-10(6-2)9(4)14-7-8(3)11(15)13-12(14)16/h8-10H,5-7H2,1-4H3,(H,13,15,16). The van der Waals surface area contributed by atoms with Gasteiger partial charge in [-0.25, -0.2) is 4.79 Å². The number of urea groups is 1. The minimum Gasteiger partial charge on any atom is -0.321 e. The number of carbonyl (C=O) groups excluding carboxylic acids is 2. The number of hydrogen-bond acceptors (Lipinski definition) is 2. The van der Waals surface area contributed by atoms with Gasteiger partial charge in [0.1, 0.15) is 0 Å². The van der Waals surface area contributed by atoms with Crippen molar-refractivity contribution in [3.05, 3.63) is 0 Å². The van der Waals surface area contributed by atoms with Crippen molar-refractivity contribution in [1.29, 1.82) is 0 Å². The minimum atomic E-state index is -0.234. The molecule has 1 aliphatic heterocycles. The second-order valence-corrected chi connectivity index (χ2v) is 4.66. The quantitative estimate of drug-likeness (QED) is 0.797. The third kappa shape index (κ3) is 2.54. The summed E-state index contributed by atoms with van der Waals surface area (Å²) < 4.78 is 0. The molecule has 0 aromatic carbocycles. The summed E-state index contributed by atoms with van der Waals surface area (Å²) in [6, 6.07) is -0.0342. The molecule has 4 nitrogen and oxygen atoms in total. The van der Waals surface area contributed by atoms with E-state index < -0.39 is 0 Å². The van der Waals surface area contributed by atoms with Crippen LogP contribution in [0.1, 0.15) is 40.5 Å². The lowest BCUT2D eigenvalue weighted by Crippen LogP contribution is -2.57. The van der Waals surface area contributed by atoms with Crippen LogP contribution in [-0.4, -0.2) is 29.4 Å². The fraction of sp³-hybridized carbons (Fsp3) is 0.833. The molecule has 4 heteroatoms. The SMILES string of the molecule is CCC(CC)C(C)N1CC(C)C(=O)NC1=O. The first-order valence-corrected chi connectivity index (χ1v) is 6.12. The van der Waals surface area contributed by atoms with Crippen molar-refractivity contribution in [3.8, 4) is 0 Å². The maximum absolute atomic E-state index is 11.7. The largest absolute Gasteiger partial charge is 0.324 e. The van der Waals surface area contributed by atoms with E-state index in [0.717, 1.165) is 12.8 Å². The predicted octanol–water partition coefficient (Wildman–Crippen LogP) is 2.00. The van der Waals surface area contributed by atoms with Crippen LogP contribution in [0.25, 0.3) is 0 Å². The van der Waals surface area contributed by atoms with E-state index in [1.165, 1.54) is 0 Å². The van der Waals surface area contributed by atoms with Gasteiger partial charge < -0.3 is 4.90 Å². The van der Waals surface area contributed by atoms with E-state index in [9.17, 15) is 9.59 Å². The van der Waals surface area contributed by atoms with Crippen LogP contribution in [0.15, 0.2) is 0 Å². The third-order valence-corrected chi connectivity index (χ3v) is 3.63. The van der Waals surface area contributed by atoms with Crippen molar-refractivity contribution >= 4 is 11.9 Å². The predicted molar refractivity (Wildman–Crippen MR) is 62.9 cm³/mol. The first-order chi connectivity index (χ1) is 7.51. The molecule has 0 aromatic heterocycles. The topological polar surface area (TPSA) is 49.4 Å². The maximum Gasteiger partial charge on any atom is 0.324 e. The zero-order valence-electron chi connectivity index (χ0n) is 10.6. The Morgan fingerprint density at radius 3 is 2.44 bits per heavy atom. The van der Waals surface area contributed by atoms with Gasteiger partial charge in [-0.15, -0.1) is 0 Å². The number of rotatable bonds is 4. The summed E-state index contributed by atoms with van der Waals surface area (Å²) in [5, 5.41) is 2.41. The summed E-state index contributed by atoms with van der Waals surface area (Å²) >= 11 is 0. The van der Waals surface area contributed by atoms with Crippen molar-refractivity contribution in [2.75, 3.05) is 6.54 Å². The molecular weight excluding hydrogens is 204 g/mol. The highest BCUT2D eigenvalue weighted by Gasteiger charge is 2.33. The summed E-state index contributed by atoms with van der Waals surface area (Å²) in [6.07, 6.45) is 2.12. The van der Waals surface area contributed by atoms with E-state index in [4.69, 9.17) is 0 Å². The molecule has 1 rings (SSSR count). The van der Waals surface area contributed by atoms with Crippen LogP contribution in [0.3, 0.4) is 0 Å². The van der Waals surface area contributed by atoms with Gasteiger partial charge in [-0.05, 0) is 12.8 Å². The number of hydrogen-bond donors (Lipinski definition) is 1. The lowest BCUT2D eigenvalue weighted by molar-refractivity contribution is -0.125. The maximum atomic E-state index is 11.7. The number of amides is 3. The summed E-state index contributed by atoms with van der Waals surface area (Å²) in [5.41, 5.74) is 0. The summed E-state index contributed by atoms with van der Waals surface area (Å²) in [7, 11) is 0. The van der Waals surface area contributed by atoms with Gasteiger partial charge in [-0.1, -0.05) is 33.6 Å². The van der Waals surface area contributed by atoms with Crippen LogP contribution in [0.4, 0.5) is 4.79 Å². The molecule has 1 aliphatic rings. The summed E-state index contributed by atoms with van der Waals surface area (Å²) in [4.78, 5) is 24.8. The van der Waals surface area contributed by atoms with Gasteiger partial charge in [0.05, 0.1) is 5.92 Å². The van der Waals surface area contributed by atoms with Crippen LogP contribution in [0.5, 0.6) is 0 Å². The zero-order valence-corrected chi connectivity index (χ0v) is 10.6. The molecular formula is C12H22N2O2. The van der Waals surface area contributed by atoms with Gasteiger partial charge in [-0.3, -0.25) is 10.1 Å². The Morgan fingerprint density at radius 2 is 1.94 bits per heavy atom. The first kappa shape index (κ1) is 13.0. The highest BCUT2D eigenvalue weighted by molar-refractivity contribution is 5.97. The van der Waals surface area contributed by atoms with Crippen LogP contribution < -0.4 is 5.32 Å². The Balaban J connectivity index is 2.71. The molecule has 0 aromatic rings. The highest BCUT2D eigenvalue weighted by atomic mass is 16.2. The van der Waals surface area contributed by atoms with E-state index in [1.807, 2.05) is 6.92 Å². The van der Waals surface area contributed by atoms with Crippen molar-refractivity contribution < 1.29 is 9.59 Å². The second kappa shape index (κ2) is 5.32. The van der Waals surface area contributed by atoms with E-state index in [2.05, 4.69) is 26.1 Å². The second-order valence-electron chi connectivity index (χ2n) is 4.66. The normalized spacial score (nSPS) is 23.6. The molecule has 0 aliphatic carbocycles. The van der Waals surface area contributed by atoms with Crippen molar-refractivity contribution in [2.45, 2.75) is 46.6 Å². The van der Waals surface area contributed by atoms with Gasteiger partial charge in [0.25, 0.3) is 0 Å². The van der Waals surface area contributed by atoms with E-state index >= 15 is 0 Å². The number of nitrogens with one attached hydrogen (secondary N) is 1. The van der Waals surface area contributed by atoms with Crippen molar-refractivity contribution in [3.63, 3.8) is 0 Å². The van der Waals surface area contributed by atoms with Gasteiger partial charge in [0.15, 0.2) is 0 Å². The van der Waals surface area contributed by atoms with E-state index in [-0.39, 0.29) is 23.9 Å². The summed E-state index contributed by atoms with van der Waals surface area (Å²) in [5.74, 6) is 0.249. The van der Waals surface area contributed by atoms with E-state index in [1.54, 1.807) is 4.90 Å². The fourth-order valence-corrected chi connectivity index (χ4v) is 2.34. The molecule has 92 valence electrons. The van der Waals surface area contributed by atoms with Gasteiger partial charge in [0.2, 0.25) is 5.91 Å². The number of carbonyl (C=O) groups is 2. The Hall–Kier alpha value is -1.06. The molecule has 1 N–H and O–H groups in total. The molecule has 0 saturated carbocycles. The van der Waals surface area contributed by atoms with Crippen LogP contribution in [-0.2, 0) is 4.79 Å². The van der Waals surface area contributed by atoms with Crippen molar-refractivity contribution in [1.82, 2.24) is 10.2 Å². The molecule has 16 heavy (non-hydrogen) atoms. The average molecular weight is 226 g/mol. The van der Waals surface area contributed by atoms with Crippen LogP contribution >= 0.6 is 0 Å². The smallest absolute Gasteiger partial charge is 0.321 e. The molecule has 1 fully saturated rings. The molecule has 3 amide bonds. The average Bonchev–Trinajstić information content (AvgIpc) is 2.25. The van der Waals surface area contributed by atoms with Crippen molar-refractivity contribution in [2.24, 2.45) is 11.8 Å². The Bertz CT molecular complexity index is 274. The highest BCUT2D eigenvalue weighted by Crippen LogP contribution is 2.21. The van der Waals surface area contributed by atoms with Crippen LogP contribution in [0.2, 0.25) is 0 Å². The molecule has 2 unspecified atom stereocenters. The van der Waals surface area contributed by atoms with Gasteiger partial charge in [0, 0.05) is 12.6 Å². The fourth-order valence-electron chi connectivity index (χ4n) is 2.34. The third-order valence-electron chi connectivity index (χ3n) is 3.63.